The monoisotopic (exact) mass is 393 g/mol. The fraction of sp³-hybridized carbons (Fsp3) is 0.304. The molecule has 0 saturated carbocycles. The quantitative estimate of drug-likeness (QED) is 0.544. The molecule has 1 aliphatic heterocycles. The Hall–Kier alpha value is -2.66. The van der Waals surface area contributed by atoms with Gasteiger partial charge in [-0.1, -0.05) is 12.1 Å². The zero-order valence-corrected chi connectivity index (χ0v) is 16.9. The van der Waals surface area contributed by atoms with E-state index in [-0.39, 0.29) is 5.97 Å². The molecule has 28 heavy (non-hydrogen) atoms. The molecule has 3 heterocycles. The number of thiophene rings is 1. The van der Waals surface area contributed by atoms with Crippen LogP contribution in [-0.2, 0) is 11.2 Å². The van der Waals surface area contributed by atoms with Gasteiger partial charge in [-0.05, 0) is 77.9 Å². The standard InChI is InChI=1S/C23H23NO3S/c1-15-19(9-12-28-15)17-5-6-20-16(8-11-27-22(20)13-17)3-4-18-14-24-10-7-21(18)23(25)26-2/h5-7,9-10,12-14,16H,3-4,8,11H2,1-2H3. The fourth-order valence-electron chi connectivity index (χ4n) is 3.88. The van der Waals surface area contributed by atoms with E-state index in [2.05, 4.69) is 41.6 Å². The molecule has 1 aromatic carbocycles. The zero-order chi connectivity index (χ0) is 19.5. The number of hydrogen-bond acceptors (Lipinski definition) is 5. The van der Waals surface area contributed by atoms with Gasteiger partial charge in [-0.3, -0.25) is 4.98 Å². The van der Waals surface area contributed by atoms with Crippen LogP contribution in [0.5, 0.6) is 5.75 Å². The van der Waals surface area contributed by atoms with Gasteiger partial charge >= 0.3 is 5.97 Å². The van der Waals surface area contributed by atoms with E-state index < -0.39 is 0 Å². The molecule has 0 fully saturated rings. The summed E-state index contributed by atoms with van der Waals surface area (Å²) >= 11 is 1.76. The van der Waals surface area contributed by atoms with Crippen LogP contribution in [0, 0.1) is 6.92 Å². The van der Waals surface area contributed by atoms with Crippen LogP contribution in [0.4, 0.5) is 0 Å². The van der Waals surface area contributed by atoms with Gasteiger partial charge in [0.15, 0.2) is 0 Å². The lowest BCUT2D eigenvalue weighted by Gasteiger charge is -2.26. The minimum absolute atomic E-state index is 0.305. The highest BCUT2D eigenvalue weighted by molar-refractivity contribution is 7.10. The van der Waals surface area contributed by atoms with Gasteiger partial charge in [-0.15, -0.1) is 11.3 Å². The predicted molar refractivity (Wildman–Crippen MR) is 111 cm³/mol. The molecule has 2 aromatic heterocycles. The number of ether oxygens (including phenoxy) is 2. The third-order valence-corrected chi connectivity index (χ3v) is 6.26. The van der Waals surface area contributed by atoms with E-state index in [4.69, 9.17) is 9.47 Å². The average molecular weight is 394 g/mol. The summed E-state index contributed by atoms with van der Waals surface area (Å²) in [6, 6.07) is 10.5. The third-order valence-electron chi connectivity index (χ3n) is 5.42. The third kappa shape index (κ3) is 3.67. The summed E-state index contributed by atoms with van der Waals surface area (Å²) in [6.45, 7) is 2.87. The van der Waals surface area contributed by atoms with Crippen LogP contribution >= 0.6 is 11.3 Å². The van der Waals surface area contributed by atoms with Crippen LogP contribution in [0.1, 0.15) is 45.1 Å². The Labute approximate surface area is 169 Å². The van der Waals surface area contributed by atoms with Crippen LogP contribution in [0.3, 0.4) is 0 Å². The van der Waals surface area contributed by atoms with E-state index in [9.17, 15) is 4.79 Å². The molecule has 0 aliphatic carbocycles. The highest BCUT2D eigenvalue weighted by Gasteiger charge is 2.23. The number of pyridine rings is 1. The van der Waals surface area contributed by atoms with Crippen LogP contribution in [0.15, 0.2) is 48.1 Å². The number of esters is 1. The normalized spacial score (nSPS) is 15.6. The van der Waals surface area contributed by atoms with Gasteiger partial charge in [-0.25, -0.2) is 4.79 Å². The van der Waals surface area contributed by atoms with Crippen molar-refractivity contribution in [1.29, 1.82) is 0 Å². The Bertz CT molecular complexity index is 995. The van der Waals surface area contributed by atoms with E-state index >= 15 is 0 Å². The molecular weight excluding hydrogens is 370 g/mol. The Kier molecular flexibility index (Phi) is 5.44. The van der Waals surface area contributed by atoms with Crippen LogP contribution < -0.4 is 4.74 Å². The molecule has 0 radical (unpaired) electrons. The summed E-state index contributed by atoms with van der Waals surface area (Å²) < 4.78 is 10.9. The molecular formula is C23H23NO3S. The molecule has 1 unspecified atom stereocenters. The van der Waals surface area contributed by atoms with Crippen molar-refractivity contribution in [2.45, 2.75) is 32.1 Å². The number of nitrogens with zero attached hydrogens (tertiary/aromatic N) is 1. The second-order valence-electron chi connectivity index (χ2n) is 7.04. The van der Waals surface area contributed by atoms with Gasteiger partial charge in [0.25, 0.3) is 0 Å². The molecule has 0 spiro atoms. The first kappa shape index (κ1) is 18.7. The van der Waals surface area contributed by atoms with Crippen LogP contribution in [-0.4, -0.2) is 24.7 Å². The molecule has 0 N–H and O–H groups in total. The Morgan fingerprint density at radius 1 is 1.32 bits per heavy atom. The summed E-state index contributed by atoms with van der Waals surface area (Å²) in [5.41, 5.74) is 5.28. The minimum atomic E-state index is -0.305. The maximum Gasteiger partial charge on any atom is 0.338 e. The Morgan fingerprint density at radius 2 is 2.21 bits per heavy atom. The molecule has 5 heteroatoms. The molecule has 1 aliphatic rings. The number of carbonyl (C=O) groups is 1. The largest absolute Gasteiger partial charge is 0.493 e. The fourth-order valence-corrected chi connectivity index (χ4v) is 4.60. The zero-order valence-electron chi connectivity index (χ0n) is 16.1. The summed E-state index contributed by atoms with van der Waals surface area (Å²) in [6.07, 6.45) is 6.12. The number of methoxy groups -OCH3 is 1. The van der Waals surface area contributed by atoms with Crippen molar-refractivity contribution in [3.8, 4) is 16.9 Å². The number of benzene rings is 1. The number of rotatable bonds is 5. The summed E-state index contributed by atoms with van der Waals surface area (Å²) in [4.78, 5) is 17.5. The summed E-state index contributed by atoms with van der Waals surface area (Å²) in [5, 5.41) is 2.13. The van der Waals surface area contributed by atoms with Crippen molar-refractivity contribution in [3.63, 3.8) is 0 Å². The molecule has 4 nitrogen and oxygen atoms in total. The molecule has 0 saturated heterocycles. The first-order valence-corrected chi connectivity index (χ1v) is 10.4. The maximum absolute atomic E-state index is 12.0. The number of fused-ring (bicyclic) bond motifs is 1. The van der Waals surface area contributed by atoms with E-state index in [1.807, 2.05) is 0 Å². The van der Waals surface area contributed by atoms with E-state index in [0.29, 0.717) is 11.5 Å². The molecule has 4 rings (SSSR count). The lowest BCUT2D eigenvalue weighted by Crippen LogP contribution is -2.15. The first-order valence-electron chi connectivity index (χ1n) is 9.49. The van der Waals surface area contributed by atoms with Gasteiger partial charge in [0.2, 0.25) is 0 Å². The van der Waals surface area contributed by atoms with Crippen molar-refractivity contribution in [3.05, 3.63) is 69.7 Å². The second-order valence-corrected chi connectivity index (χ2v) is 8.16. The first-order chi connectivity index (χ1) is 13.7. The van der Waals surface area contributed by atoms with Crippen molar-refractivity contribution in [2.75, 3.05) is 13.7 Å². The Balaban J connectivity index is 1.55. The minimum Gasteiger partial charge on any atom is -0.493 e. The number of aromatic nitrogens is 1. The molecule has 3 aromatic rings. The smallest absolute Gasteiger partial charge is 0.338 e. The van der Waals surface area contributed by atoms with Gasteiger partial charge in [0.1, 0.15) is 5.75 Å². The number of hydrogen-bond donors (Lipinski definition) is 0. The molecule has 0 bridgehead atoms. The molecule has 1 atom stereocenters. The molecule has 144 valence electrons. The highest BCUT2D eigenvalue weighted by atomic mass is 32.1. The van der Waals surface area contributed by atoms with Crippen molar-refractivity contribution in [2.24, 2.45) is 0 Å². The number of carbonyl (C=O) groups excluding carboxylic acids is 1. The van der Waals surface area contributed by atoms with E-state index in [0.717, 1.165) is 37.2 Å². The lowest BCUT2D eigenvalue weighted by atomic mass is 9.86. The van der Waals surface area contributed by atoms with Crippen molar-refractivity contribution >= 4 is 17.3 Å². The van der Waals surface area contributed by atoms with Crippen LogP contribution in [0.2, 0.25) is 0 Å². The van der Waals surface area contributed by atoms with Crippen LogP contribution in [0.25, 0.3) is 11.1 Å². The van der Waals surface area contributed by atoms with Crippen molar-refractivity contribution in [1.82, 2.24) is 4.98 Å². The lowest BCUT2D eigenvalue weighted by molar-refractivity contribution is 0.0599. The highest BCUT2D eigenvalue weighted by Crippen LogP contribution is 2.40. The number of aryl methyl sites for hydroxylation is 2. The summed E-state index contributed by atoms with van der Waals surface area (Å²) in [5.74, 6) is 1.09. The predicted octanol–water partition coefficient (Wildman–Crippen LogP) is 5.40. The van der Waals surface area contributed by atoms with Gasteiger partial charge in [0.05, 0.1) is 19.3 Å². The van der Waals surface area contributed by atoms with Gasteiger partial charge < -0.3 is 9.47 Å². The SMILES string of the molecule is COC(=O)c1ccncc1CCC1CCOc2cc(-c3ccsc3C)ccc21. The van der Waals surface area contributed by atoms with Crippen molar-refractivity contribution < 1.29 is 14.3 Å². The average Bonchev–Trinajstić information content (AvgIpc) is 3.17. The van der Waals surface area contributed by atoms with E-state index in [1.165, 1.54) is 28.7 Å². The van der Waals surface area contributed by atoms with Gasteiger partial charge in [-0.2, -0.15) is 0 Å². The summed E-state index contributed by atoms with van der Waals surface area (Å²) in [7, 11) is 1.41. The van der Waals surface area contributed by atoms with E-state index in [1.54, 1.807) is 29.8 Å². The Morgan fingerprint density at radius 3 is 3.00 bits per heavy atom. The molecule has 0 amide bonds. The topological polar surface area (TPSA) is 48.4 Å². The van der Waals surface area contributed by atoms with Gasteiger partial charge in [0, 0.05) is 17.3 Å². The maximum atomic E-state index is 12.0. The second kappa shape index (κ2) is 8.15.